The molecule has 24 heavy (non-hydrogen) atoms. The number of benzene rings is 2. The third-order valence-corrected chi connectivity index (χ3v) is 4.80. The first-order valence-corrected chi connectivity index (χ1v) is 8.90. The van der Waals surface area contributed by atoms with Crippen LogP contribution >= 0.6 is 0 Å². The van der Waals surface area contributed by atoms with Crippen molar-refractivity contribution in [2.45, 2.75) is 25.2 Å². The minimum atomic E-state index is 0.184. The molecule has 1 fully saturated rings. The molecule has 2 aromatic carbocycles. The molecule has 0 bridgehead atoms. The molecule has 126 valence electrons. The Morgan fingerprint density at radius 2 is 1.67 bits per heavy atom. The number of carbonyl (C=O) groups excluding carboxylic acids is 1. The number of carbonyl (C=O) groups is 1. The maximum Gasteiger partial charge on any atom is 0.220 e. The Balaban J connectivity index is 1.57. The fourth-order valence-electron chi connectivity index (χ4n) is 3.48. The number of nitrogens with one attached hydrogen (secondary N) is 2. The van der Waals surface area contributed by atoms with E-state index in [1.54, 1.807) is 0 Å². The number of hydrogen-bond donors (Lipinski definition) is 2. The van der Waals surface area contributed by atoms with Crippen molar-refractivity contribution in [3.05, 3.63) is 71.8 Å². The largest absolute Gasteiger partial charge is 0.356 e. The molecule has 1 heterocycles. The lowest BCUT2D eigenvalue weighted by Crippen LogP contribution is -2.28. The third-order valence-electron chi connectivity index (χ3n) is 4.80. The van der Waals surface area contributed by atoms with Crippen LogP contribution in [0.2, 0.25) is 0 Å². The summed E-state index contributed by atoms with van der Waals surface area (Å²) in [7, 11) is 0. The van der Waals surface area contributed by atoms with E-state index in [9.17, 15) is 4.79 Å². The molecule has 0 spiro atoms. The van der Waals surface area contributed by atoms with Gasteiger partial charge in [0.05, 0.1) is 0 Å². The van der Waals surface area contributed by atoms with Crippen LogP contribution in [0.4, 0.5) is 0 Å². The van der Waals surface area contributed by atoms with Gasteiger partial charge in [-0.15, -0.1) is 0 Å². The summed E-state index contributed by atoms with van der Waals surface area (Å²) in [5, 5.41) is 6.43. The molecule has 1 aliphatic heterocycles. The van der Waals surface area contributed by atoms with Crippen molar-refractivity contribution in [2.75, 3.05) is 19.6 Å². The zero-order valence-electron chi connectivity index (χ0n) is 14.1. The molecule has 1 aliphatic rings. The minimum Gasteiger partial charge on any atom is -0.356 e. The molecule has 0 aliphatic carbocycles. The summed E-state index contributed by atoms with van der Waals surface area (Å²) < 4.78 is 0. The Labute approximate surface area is 144 Å². The molecule has 3 rings (SSSR count). The normalized spacial score (nSPS) is 17.1. The molecule has 1 unspecified atom stereocenters. The van der Waals surface area contributed by atoms with Crippen LogP contribution in [0.1, 0.15) is 36.3 Å². The van der Waals surface area contributed by atoms with Gasteiger partial charge in [0.15, 0.2) is 0 Å². The van der Waals surface area contributed by atoms with E-state index in [2.05, 4.69) is 59.2 Å². The van der Waals surface area contributed by atoms with Crippen molar-refractivity contribution in [1.82, 2.24) is 10.6 Å². The maximum atomic E-state index is 12.1. The molecular formula is C21H26N2O. The van der Waals surface area contributed by atoms with E-state index in [0.29, 0.717) is 24.8 Å². The molecular weight excluding hydrogens is 296 g/mol. The lowest BCUT2D eigenvalue weighted by atomic mass is 9.88. The highest BCUT2D eigenvalue weighted by atomic mass is 16.1. The molecule has 1 amide bonds. The molecule has 3 heteroatoms. The Bertz CT molecular complexity index is 581. The van der Waals surface area contributed by atoms with Crippen LogP contribution in [0.5, 0.6) is 0 Å². The number of rotatable bonds is 7. The van der Waals surface area contributed by atoms with Gasteiger partial charge in [0, 0.05) is 18.9 Å². The highest BCUT2D eigenvalue weighted by Gasteiger charge is 2.18. The summed E-state index contributed by atoms with van der Waals surface area (Å²) in [6.45, 7) is 2.74. The average molecular weight is 322 g/mol. The Morgan fingerprint density at radius 3 is 2.21 bits per heavy atom. The molecule has 1 atom stereocenters. The van der Waals surface area contributed by atoms with Gasteiger partial charge < -0.3 is 10.6 Å². The van der Waals surface area contributed by atoms with Gasteiger partial charge in [-0.1, -0.05) is 60.7 Å². The van der Waals surface area contributed by atoms with E-state index >= 15 is 0 Å². The lowest BCUT2D eigenvalue weighted by molar-refractivity contribution is -0.121. The van der Waals surface area contributed by atoms with Crippen LogP contribution in [0.3, 0.4) is 0 Å². The second-order valence-electron chi connectivity index (χ2n) is 6.58. The fourth-order valence-corrected chi connectivity index (χ4v) is 3.48. The zero-order chi connectivity index (χ0) is 16.6. The molecule has 1 saturated heterocycles. The van der Waals surface area contributed by atoms with Gasteiger partial charge in [-0.2, -0.15) is 0 Å². The summed E-state index contributed by atoms with van der Waals surface area (Å²) in [4.78, 5) is 12.1. The highest BCUT2D eigenvalue weighted by molar-refractivity contribution is 5.76. The Hall–Kier alpha value is -2.13. The van der Waals surface area contributed by atoms with E-state index in [1.807, 2.05) is 12.1 Å². The second-order valence-corrected chi connectivity index (χ2v) is 6.58. The third kappa shape index (κ3) is 4.68. The van der Waals surface area contributed by atoms with Crippen molar-refractivity contribution < 1.29 is 4.79 Å². The predicted octanol–water partition coefficient (Wildman–Crippen LogP) is 3.32. The van der Waals surface area contributed by atoms with Crippen molar-refractivity contribution in [2.24, 2.45) is 5.92 Å². The van der Waals surface area contributed by atoms with Gasteiger partial charge >= 0.3 is 0 Å². The smallest absolute Gasteiger partial charge is 0.220 e. The first-order chi connectivity index (χ1) is 11.8. The average Bonchev–Trinajstić information content (AvgIpc) is 3.13. The van der Waals surface area contributed by atoms with E-state index < -0.39 is 0 Å². The van der Waals surface area contributed by atoms with Crippen LogP contribution in [-0.4, -0.2) is 25.5 Å². The van der Waals surface area contributed by atoms with Gasteiger partial charge in [-0.3, -0.25) is 4.79 Å². The van der Waals surface area contributed by atoms with Crippen molar-refractivity contribution in [3.63, 3.8) is 0 Å². The van der Waals surface area contributed by atoms with Gasteiger partial charge in [0.25, 0.3) is 0 Å². The molecule has 2 aromatic rings. The summed E-state index contributed by atoms with van der Waals surface area (Å²) in [5.41, 5.74) is 2.61. The van der Waals surface area contributed by atoms with Crippen molar-refractivity contribution in [3.8, 4) is 0 Å². The van der Waals surface area contributed by atoms with Gasteiger partial charge in [0.1, 0.15) is 0 Å². The molecule has 2 N–H and O–H groups in total. The van der Waals surface area contributed by atoms with Gasteiger partial charge in [-0.05, 0) is 43.0 Å². The van der Waals surface area contributed by atoms with Crippen LogP contribution < -0.4 is 10.6 Å². The van der Waals surface area contributed by atoms with E-state index in [-0.39, 0.29) is 5.91 Å². The Kier molecular flexibility index (Phi) is 6.02. The predicted molar refractivity (Wildman–Crippen MR) is 97.9 cm³/mol. The number of hydrogen-bond acceptors (Lipinski definition) is 2. The number of amides is 1. The van der Waals surface area contributed by atoms with Crippen molar-refractivity contribution in [1.29, 1.82) is 0 Å². The topological polar surface area (TPSA) is 41.1 Å². The zero-order valence-corrected chi connectivity index (χ0v) is 14.1. The monoisotopic (exact) mass is 322 g/mol. The fraction of sp³-hybridized carbons (Fsp3) is 0.381. The Morgan fingerprint density at radius 1 is 1.04 bits per heavy atom. The molecule has 0 saturated carbocycles. The summed E-state index contributed by atoms with van der Waals surface area (Å²) >= 11 is 0. The minimum absolute atomic E-state index is 0.184. The molecule has 0 radical (unpaired) electrons. The first-order valence-electron chi connectivity index (χ1n) is 8.90. The summed E-state index contributed by atoms with van der Waals surface area (Å²) in [6, 6.07) is 21.1. The first kappa shape index (κ1) is 16.7. The van der Waals surface area contributed by atoms with Crippen LogP contribution in [0.15, 0.2) is 60.7 Å². The SMILES string of the molecule is O=C(CC1CCNC1)NCCC(c1ccccc1)c1ccccc1. The lowest BCUT2D eigenvalue weighted by Gasteiger charge is -2.19. The molecule has 0 aromatic heterocycles. The quantitative estimate of drug-likeness (QED) is 0.821. The van der Waals surface area contributed by atoms with Crippen LogP contribution in [0, 0.1) is 5.92 Å². The summed E-state index contributed by atoms with van der Waals surface area (Å²) in [5.74, 6) is 1.01. The van der Waals surface area contributed by atoms with Crippen molar-refractivity contribution >= 4 is 5.91 Å². The maximum absolute atomic E-state index is 12.1. The van der Waals surface area contributed by atoms with E-state index in [0.717, 1.165) is 25.9 Å². The van der Waals surface area contributed by atoms with Gasteiger partial charge in [0.2, 0.25) is 5.91 Å². The van der Waals surface area contributed by atoms with E-state index in [1.165, 1.54) is 11.1 Å². The van der Waals surface area contributed by atoms with Crippen LogP contribution in [-0.2, 0) is 4.79 Å². The second kappa shape index (κ2) is 8.65. The highest BCUT2D eigenvalue weighted by Crippen LogP contribution is 2.27. The molecule has 3 nitrogen and oxygen atoms in total. The standard InChI is InChI=1S/C21H26N2O/c24-21(15-17-11-13-22-16-17)23-14-12-20(18-7-3-1-4-8-18)19-9-5-2-6-10-19/h1-10,17,20,22H,11-16H2,(H,23,24). The van der Waals surface area contributed by atoms with Crippen LogP contribution in [0.25, 0.3) is 0 Å². The van der Waals surface area contributed by atoms with Gasteiger partial charge in [-0.25, -0.2) is 0 Å². The van der Waals surface area contributed by atoms with E-state index in [4.69, 9.17) is 0 Å². The summed E-state index contributed by atoms with van der Waals surface area (Å²) in [6.07, 6.45) is 2.68.